The highest BCUT2D eigenvalue weighted by atomic mass is 16.2. The van der Waals surface area contributed by atoms with E-state index in [2.05, 4.69) is 64.2 Å². The van der Waals surface area contributed by atoms with E-state index < -0.39 is 0 Å². The van der Waals surface area contributed by atoms with Crippen molar-refractivity contribution in [2.45, 2.75) is 65.6 Å². The van der Waals surface area contributed by atoms with Crippen LogP contribution in [0, 0.1) is 5.92 Å². The van der Waals surface area contributed by atoms with E-state index in [1.54, 1.807) is 0 Å². The fourth-order valence-electron chi connectivity index (χ4n) is 1.78. The molecule has 0 rings (SSSR count). The number of carbonyl (C=O) groups is 1. The summed E-state index contributed by atoms with van der Waals surface area (Å²) in [5.74, 6) is 0.577. The number of likely N-dealkylation sites (N-methyl/N-ethyl adjacent to an activating group) is 1. The predicted octanol–water partition coefficient (Wildman–Crippen LogP) is 1.86. The number of hydrogen-bond donors (Lipinski definition) is 2. The molecule has 0 aliphatic heterocycles. The average molecular weight is 271 g/mol. The second-order valence-electron chi connectivity index (χ2n) is 6.73. The lowest BCUT2D eigenvalue weighted by molar-refractivity contribution is -0.124. The van der Waals surface area contributed by atoms with Crippen LogP contribution >= 0.6 is 0 Å². The maximum absolute atomic E-state index is 12.2. The lowest BCUT2D eigenvalue weighted by atomic mass is 10.0. The van der Waals surface area contributed by atoms with E-state index >= 15 is 0 Å². The minimum absolute atomic E-state index is 0.0799. The molecule has 1 amide bonds. The van der Waals surface area contributed by atoms with Gasteiger partial charge in [-0.2, -0.15) is 0 Å². The van der Waals surface area contributed by atoms with Crippen LogP contribution in [0.5, 0.6) is 0 Å². The highest BCUT2D eigenvalue weighted by Gasteiger charge is 2.24. The first-order chi connectivity index (χ1) is 8.59. The van der Waals surface area contributed by atoms with Crippen LogP contribution in [0.3, 0.4) is 0 Å². The van der Waals surface area contributed by atoms with E-state index in [9.17, 15) is 4.79 Å². The molecule has 0 aliphatic carbocycles. The summed E-state index contributed by atoms with van der Waals surface area (Å²) in [5.41, 5.74) is -0.137. The Morgan fingerprint density at radius 2 is 1.74 bits per heavy atom. The second kappa shape index (κ2) is 7.85. The zero-order chi connectivity index (χ0) is 15.2. The molecular formula is C15H33N3O. The molecule has 0 aliphatic rings. The van der Waals surface area contributed by atoms with Gasteiger partial charge in [0.25, 0.3) is 0 Å². The van der Waals surface area contributed by atoms with Gasteiger partial charge in [0.1, 0.15) is 0 Å². The van der Waals surface area contributed by atoms with E-state index in [1.165, 1.54) is 0 Å². The van der Waals surface area contributed by atoms with E-state index in [4.69, 9.17) is 0 Å². The van der Waals surface area contributed by atoms with Crippen LogP contribution in [-0.2, 0) is 4.79 Å². The van der Waals surface area contributed by atoms with Gasteiger partial charge in [-0.05, 0) is 47.2 Å². The smallest absolute Gasteiger partial charge is 0.237 e. The summed E-state index contributed by atoms with van der Waals surface area (Å²) in [7, 11) is 4.12. The molecule has 2 N–H and O–H groups in total. The Bertz CT molecular complexity index is 275. The van der Waals surface area contributed by atoms with Crippen molar-refractivity contribution in [3.05, 3.63) is 0 Å². The van der Waals surface area contributed by atoms with E-state index in [0.29, 0.717) is 12.0 Å². The van der Waals surface area contributed by atoms with Gasteiger partial charge in [0, 0.05) is 18.1 Å². The third kappa shape index (κ3) is 7.53. The fourth-order valence-corrected chi connectivity index (χ4v) is 1.78. The van der Waals surface area contributed by atoms with Crippen molar-refractivity contribution in [1.29, 1.82) is 0 Å². The van der Waals surface area contributed by atoms with Crippen molar-refractivity contribution in [2.75, 3.05) is 20.6 Å². The molecule has 0 fully saturated rings. The van der Waals surface area contributed by atoms with Crippen molar-refractivity contribution in [1.82, 2.24) is 15.5 Å². The quantitative estimate of drug-likeness (QED) is 0.708. The van der Waals surface area contributed by atoms with Gasteiger partial charge >= 0.3 is 0 Å². The van der Waals surface area contributed by atoms with Crippen molar-refractivity contribution >= 4 is 5.91 Å². The van der Waals surface area contributed by atoms with Crippen LogP contribution in [0.4, 0.5) is 0 Å². The molecule has 2 atom stereocenters. The Morgan fingerprint density at radius 1 is 1.21 bits per heavy atom. The summed E-state index contributed by atoms with van der Waals surface area (Å²) in [6, 6.07) is 0.152. The molecule has 0 heterocycles. The van der Waals surface area contributed by atoms with Crippen LogP contribution in [0.15, 0.2) is 0 Å². The van der Waals surface area contributed by atoms with Crippen molar-refractivity contribution in [3.63, 3.8) is 0 Å². The molecule has 0 saturated heterocycles. The Kier molecular flexibility index (Phi) is 7.60. The zero-order valence-electron chi connectivity index (χ0n) is 14.0. The summed E-state index contributed by atoms with van der Waals surface area (Å²) in [5, 5.41) is 6.53. The molecule has 0 aromatic carbocycles. The van der Waals surface area contributed by atoms with Gasteiger partial charge in [0.2, 0.25) is 5.91 Å². The first-order valence-electron chi connectivity index (χ1n) is 7.32. The average Bonchev–Trinajstić information content (AvgIpc) is 2.26. The van der Waals surface area contributed by atoms with E-state index in [1.807, 2.05) is 6.92 Å². The van der Waals surface area contributed by atoms with Gasteiger partial charge in [0.15, 0.2) is 0 Å². The number of amides is 1. The maximum atomic E-state index is 12.2. The van der Waals surface area contributed by atoms with Gasteiger partial charge in [-0.25, -0.2) is 0 Å². The first-order valence-corrected chi connectivity index (χ1v) is 7.32. The number of rotatable bonds is 8. The van der Waals surface area contributed by atoms with Crippen molar-refractivity contribution in [3.8, 4) is 0 Å². The van der Waals surface area contributed by atoms with Crippen LogP contribution < -0.4 is 10.6 Å². The highest BCUT2D eigenvalue weighted by molar-refractivity contribution is 5.82. The molecule has 0 saturated carbocycles. The molecule has 0 spiro atoms. The Balaban J connectivity index is 4.47. The van der Waals surface area contributed by atoms with Crippen molar-refractivity contribution in [2.24, 2.45) is 5.92 Å². The summed E-state index contributed by atoms with van der Waals surface area (Å²) in [6.07, 6.45) is 0.927. The van der Waals surface area contributed by atoms with E-state index in [-0.39, 0.29) is 17.5 Å². The number of hydrogen-bond acceptors (Lipinski definition) is 3. The van der Waals surface area contributed by atoms with Gasteiger partial charge in [-0.15, -0.1) is 0 Å². The molecule has 4 nitrogen and oxygen atoms in total. The molecular weight excluding hydrogens is 238 g/mol. The summed E-state index contributed by atoms with van der Waals surface area (Å²) in [6.45, 7) is 13.4. The summed E-state index contributed by atoms with van der Waals surface area (Å²) in [4.78, 5) is 14.3. The largest absolute Gasteiger partial charge is 0.350 e. The zero-order valence-corrected chi connectivity index (χ0v) is 14.0. The minimum Gasteiger partial charge on any atom is -0.350 e. The normalized spacial score (nSPS) is 15.7. The van der Waals surface area contributed by atoms with Gasteiger partial charge in [0.05, 0.1) is 6.04 Å². The predicted molar refractivity (Wildman–Crippen MR) is 82.3 cm³/mol. The second-order valence-corrected chi connectivity index (χ2v) is 6.73. The molecule has 0 radical (unpaired) electrons. The van der Waals surface area contributed by atoms with Gasteiger partial charge in [-0.1, -0.05) is 20.8 Å². The highest BCUT2D eigenvalue weighted by Crippen LogP contribution is 2.08. The number of carbonyl (C=O) groups excluding carboxylic acids is 1. The third-order valence-corrected chi connectivity index (χ3v) is 3.57. The van der Waals surface area contributed by atoms with Gasteiger partial charge < -0.3 is 15.5 Å². The molecule has 0 aromatic rings. The van der Waals surface area contributed by atoms with Gasteiger partial charge in [-0.3, -0.25) is 4.79 Å². The maximum Gasteiger partial charge on any atom is 0.237 e. The SMILES string of the molecule is CCC(C)(C)NC(=O)C(C)NC(CN(C)C)C(C)C. The number of nitrogens with one attached hydrogen (secondary N) is 2. The van der Waals surface area contributed by atoms with Crippen LogP contribution in [0.25, 0.3) is 0 Å². The lowest BCUT2D eigenvalue weighted by Crippen LogP contribution is -2.55. The first kappa shape index (κ1) is 18.4. The van der Waals surface area contributed by atoms with Crippen LogP contribution in [-0.4, -0.2) is 49.1 Å². The summed E-state index contributed by atoms with van der Waals surface area (Å²) < 4.78 is 0. The Hall–Kier alpha value is -0.610. The Morgan fingerprint density at radius 3 is 2.11 bits per heavy atom. The molecule has 19 heavy (non-hydrogen) atoms. The molecule has 0 bridgehead atoms. The topological polar surface area (TPSA) is 44.4 Å². The standard InChI is InChI=1S/C15H33N3O/c1-9-15(5,6)17-14(19)12(4)16-13(11(2)3)10-18(7)8/h11-13,16H,9-10H2,1-8H3,(H,17,19). The molecule has 4 heteroatoms. The lowest BCUT2D eigenvalue weighted by Gasteiger charge is -2.31. The third-order valence-electron chi connectivity index (χ3n) is 3.57. The molecule has 114 valence electrons. The van der Waals surface area contributed by atoms with Crippen LogP contribution in [0.1, 0.15) is 48.0 Å². The monoisotopic (exact) mass is 271 g/mol. The van der Waals surface area contributed by atoms with Crippen molar-refractivity contribution < 1.29 is 4.79 Å². The van der Waals surface area contributed by atoms with E-state index in [0.717, 1.165) is 13.0 Å². The fraction of sp³-hybridized carbons (Fsp3) is 0.933. The molecule has 0 aromatic heterocycles. The molecule has 2 unspecified atom stereocenters. The van der Waals surface area contributed by atoms with Crippen LogP contribution in [0.2, 0.25) is 0 Å². The number of nitrogens with zero attached hydrogens (tertiary/aromatic N) is 1. The minimum atomic E-state index is -0.168. The summed E-state index contributed by atoms with van der Waals surface area (Å²) >= 11 is 0. The Labute approximate surface area is 119 Å².